The van der Waals surface area contributed by atoms with E-state index in [2.05, 4.69) is 24.0 Å². The third-order valence-electron chi connectivity index (χ3n) is 4.43. The number of piperidine rings is 1. The van der Waals surface area contributed by atoms with Crippen molar-refractivity contribution in [2.45, 2.75) is 55.0 Å². The minimum absolute atomic E-state index is 0.188. The van der Waals surface area contributed by atoms with Gasteiger partial charge in [-0.3, -0.25) is 0 Å². The molecular weight excluding hydrogens is 296 g/mol. The minimum Gasteiger partial charge on any atom is -0.393 e. The summed E-state index contributed by atoms with van der Waals surface area (Å²) in [7, 11) is 0. The van der Waals surface area contributed by atoms with E-state index in [0.29, 0.717) is 0 Å². The lowest BCUT2D eigenvalue weighted by atomic mass is 9.98. The number of anilines is 1. The third kappa shape index (κ3) is 2.81. The Labute approximate surface area is 135 Å². The van der Waals surface area contributed by atoms with E-state index in [0.717, 1.165) is 55.2 Å². The van der Waals surface area contributed by atoms with Crippen molar-refractivity contribution in [3.63, 3.8) is 0 Å². The number of aromatic nitrogens is 1. The van der Waals surface area contributed by atoms with Crippen LogP contribution in [0.5, 0.6) is 0 Å². The molecule has 3 N–H and O–H groups in total. The van der Waals surface area contributed by atoms with Crippen LogP contribution in [0, 0.1) is 11.3 Å². The molecule has 22 heavy (non-hydrogen) atoms. The number of aryl methyl sites for hydroxylation is 1. The average molecular weight is 318 g/mol. The van der Waals surface area contributed by atoms with Crippen molar-refractivity contribution in [1.82, 2.24) is 4.98 Å². The number of thioether (sulfide) groups is 1. The van der Waals surface area contributed by atoms with Crippen LogP contribution in [-0.4, -0.2) is 34.5 Å². The Morgan fingerprint density at radius 2 is 2.23 bits per heavy atom. The molecule has 1 aromatic heterocycles. The summed E-state index contributed by atoms with van der Waals surface area (Å²) in [6, 6.07) is 4.19. The van der Waals surface area contributed by atoms with Gasteiger partial charge in [0, 0.05) is 18.7 Å². The van der Waals surface area contributed by atoms with Gasteiger partial charge >= 0.3 is 0 Å². The fourth-order valence-electron chi connectivity index (χ4n) is 3.20. The van der Waals surface area contributed by atoms with E-state index in [1.807, 2.05) is 0 Å². The van der Waals surface area contributed by atoms with Crippen molar-refractivity contribution >= 4 is 17.6 Å². The highest BCUT2D eigenvalue weighted by molar-refractivity contribution is 8.00. The number of pyridine rings is 1. The Hall–Kier alpha value is -1.29. The predicted octanol–water partition coefficient (Wildman–Crippen LogP) is 1.99. The van der Waals surface area contributed by atoms with E-state index in [-0.39, 0.29) is 17.4 Å². The summed E-state index contributed by atoms with van der Waals surface area (Å²) in [5.74, 6) is 0.965. The quantitative estimate of drug-likeness (QED) is 0.886. The molecular formula is C16H22N4OS. The maximum absolute atomic E-state index is 9.67. The number of nitrogens with two attached hydrogens (primary N) is 1. The van der Waals surface area contributed by atoms with Crippen LogP contribution in [0.25, 0.3) is 0 Å². The number of nitriles is 1. The number of fused-ring (bicyclic) bond motifs is 1. The summed E-state index contributed by atoms with van der Waals surface area (Å²) in [5, 5.41) is 19.6. The Kier molecular flexibility index (Phi) is 4.57. The molecule has 5 nitrogen and oxygen atoms in total. The lowest BCUT2D eigenvalue weighted by molar-refractivity contribution is 0.145. The van der Waals surface area contributed by atoms with Crippen LogP contribution >= 0.6 is 11.8 Å². The highest BCUT2D eigenvalue weighted by Crippen LogP contribution is 2.44. The number of rotatable bonds is 3. The van der Waals surface area contributed by atoms with Crippen LogP contribution in [-0.2, 0) is 6.42 Å². The average Bonchev–Trinajstić information content (AvgIpc) is 2.85. The van der Waals surface area contributed by atoms with E-state index >= 15 is 0 Å². The van der Waals surface area contributed by atoms with Gasteiger partial charge in [-0.25, -0.2) is 4.98 Å². The van der Waals surface area contributed by atoms with Gasteiger partial charge < -0.3 is 15.7 Å². The molecule has 1 fully saturated rings. The topological polar surface area (TPSA) is 86.2 Å². The number of hydrogen-bond donors (Lipinski definition) is 2. The maximum atomic E-state index is 9.67. The van der Waals surface area contributed by atoms with Gasteiger partial charge in [0.15, 0.2) is 0 Å². The SMILES string of the molecule is CCCc1cc(N2CCC(O)CC2)nc2c1C(N)C(C#N)S2. The number of aliphatic hydroxyl groups is 1. The van der Waals surface area contributed by atoms with Crippen LogP contribution in [0.15, 0.2) is 11.1 Å². The normalized spacial score (nSPS) is 25.1. The summed E-state index contributed by atoms with van der Waals surface area (Å²) in [6.45, 7) is 3.81. The van der Waals surface area contributed by atoms with Crippen LogP contribution < -0.4 is 10.6 Å². The molecule has 1 aromatic rings. The second-order valence-electron chi connectivity index (χ2n) is 6.02. The second kappa shape index (κ2) is 6.45. The predicted molar refractivity (Wildman–Crippen MR) is 87.9 cm³/mol. The van der Waals surface area contributed by atoms with Crippen molar-refractivity contribution < 1.29 is 5.11 Å². The molecule has 0 aliphatic carbocycles. The van der Waals surface area contributed by atoms with Crippen LogP contribution in [0.4, 0.5) is 5.82 Å². The molecule has 2 unspecified atom stereocenters. The van der Waals surface area contributed by atoms with Crippen LogP contribution in [0.1, 0.15) is 43.4 Å². The highest BCUT2D eigenvalue weighted by Gasteiger charge is 2.35. The van der Waals surface area contributed by atoms with Crippen molar-refractivity contribution in [2.24, 2.45) is 5.73 Å². The van der Waals surface area contributed by atoms with E-state index in [1.54, 1.807) is 0 Å². The van der Waals surface area contributed by atoms with Crippen LogP contribution in [0.3, 0.4) is 0 Å². The molecule has 0 amide bonds. The smallest absolute Gasteiger partial charge is 0.130 e. The van der Waals surface area contributed by atoms with Gasteiger partial charge in [0.1, 0.15) is 16.1 Å². The molecule has 3 heterocycles. The van der Waals surface area contributed by atoms with Gasteiger partial charge in [0.25, 0.3) is 0 Å². The standard InChI is InChI=1S/C16H22N4OS/c1-2-3-10-8-13(20-6-4-11(21)5-7-20)19-16-14(10)15(18)12(9-17)22-16/h8,11-12,15,21H,2-7,18H2,1H3. The molecule has 1 saturated heterocycles. The third-order valence-corrected chi connectivity index (χ3v) is 5.62. The van der Waals surface area contributed by atoms with Crippen molar-refractivity contribution in [1.29, 1.82) is 5.26 Å². The zero-order valence-corrected chi connectivity index (χ0v) is 13.6. The first-order valence-corrected chi connectivity index (χ1v) is 8.80. The number of nitrogens with zero attached hydrogens (tertiary/aromatic N) is 3. The molecule has 2 atom stereocenters. The Bertz CT molecular complexity index is 593. The highest BCUT2D eigenvalue weighted by atomic mass is 32.2. The molecule has 2 aliphatic heterocycles. The summed E-state index contributed by atoms with van der Waals surface area (Å²) >= 11 is 1.49. The Morgan fingerprint density at radius 3 is 2.86 bits per heavy atom. The fraction of sp³-hybridized carbons (Fsp3) is 0.625. The number of aliphatic hydroxyl groups excluding tert-OH is 1. The van der Waals surface area contributed by atoms with E-state index in [9.17, 15) is 10.4 Å². The first-order chi connectivity index (χ1) is 10.6. The van der Waals surface area contributed by atoms with E-state index < -0.39 is 0 Å². The summed E-state index contributed by atoms with van der Waals surface area (Å²) in [5.41, 5.74) is 8.55. The Balaban J connectivity index is 1.94. The molecule has 0 radical (unpaired) electrons. The molecule has 0 spiro atoms. The van der Waals surface area contributed by atoms with Gasteiger partial charge in [-0.1, -0.05) is 25.1 Å². The van der Waals surface area contributed by atoms with Crippen molar-refractivity contribution in [3.05, 3.63) is 17.2 Å². The van der Waals surface area contributed by atoms with E-state index in [1.165, 1.54) is 17.3 Å². The van der Waals surface area contributed by atoms with Gasteiger partial charge in [0.05, 0.1) is 18.2 Å². The summed E-state index contributed by atoms with van der Waals surface area (Å²) < 4.78 is 0. The summed E-state index contributed by atoms with van der Waals surface area (Å²) in [6.07, 6.45) is 3.39. The van der Waals surface area contributed by atoms with Gasteiger partial charge in [-0.15, -0.1) is 0 Å². The largest absolute Gasteiger partial charge is 0.393 e. The first kappa shape index (κ1) is 15.6. The molecule has 0 aromatic carbocycles. The zero-order valence-electron chi connectivity index (χ0n) is 12.8. The monoisotopic (exact) mass is 318 g/mol. The zero-order chi connectivity index (χ0) is 15.7. The summed E-state index contributed by atoms with van der Waals surface area (Å²) in [4.78, 5) is 7.00. The molecule has 6 heteroatoms. The maximum Gasteiger partial charge on any atom is 0.130 e. The first-order valence-electron chi connectivity index (χ1n) is 7.92. The van der Waals surface area contributed by atoms with Gasteiger partial charge in [-0.05, 0) is 30.9 Å². The second-order valence-corrected chi connectivity index (χ2v) is 7.15. The lowest BCUT2D eigenvalue weighted by Crippen LogP contribution is -2.36. The Morgan fingerprint density at radius 1 is 1.50 bits per heavy atom. The van der Waals surface area contributed by atoms with Crippen LogP contribution in [0.2, 0.25) is 0 Å². The van der Waals surface area contributed by atoms with Gasteiger partial charge in [-0.2, -0.15) is 5.26 Å². The lowest BCUT2D eigenvalue weighted by Gasteiger charge is -2.31. The van der Waals surface area contributed by atoms with Crippen molar-refractivity contribution in [2.75, 3.05) is 18.0 Å². The molecule has 118 valence electrons. The molecule has 0 saturated carbocycles. The van der Waals surface area contributed by atoms with Crippen molar-refractivity contribution in [3.8, 4) is 6.07 Å². The minimum atomic E-state index is -0.240. The fourth-order valence-corrected chi connectivity index (χ4v) is 4.31. The van der Waals surface area contributed by atoms with E-state index in [4.69, 9.17) is 10.7 Å². The molecule has 0 bridgehead atoms. The molecule has 3 rings (SSSR count). The van der Waals surface area contributed by atoms with Gasteiger partial charge in [0.2, 0.25) is 0 Å². The molecule has 2 aliphatic rings. The number of hydrogen-bond acceptors (Lipinski definition) is 6.